The summed E-state index contributed by atoms with van der Waals surface area (Å²) in [6, 6.07) is 19.4. The van der Waals surface area contributed by atoms with Crippen LogP contribution in [0, 0.1) is 0 Å². The van der Waals surface area contributed by atoms with Gasteiger partial charge in [-0.15, -0.1) is 0 Å². The van der Waals surface area contributed by atoms with Gasteiger partial charge in [0.25, 0.3) is 0 Å². The largest absolute Gasteiger partial charge is 0.356 e. The molecule has 2 aromatic rings. The molecule has 126 valence electrons. The Labute approximate surface area is 143 Å². The third kappa shape index (κ3) is 5.23. The van der Waals surface area contributed by atoms with E-state index in [1.165, 1.54) is 0 Å². The summed E-state index contributed by atoms with van der Waals surface area (Å²) < 4.78 is 0. The maximum atomic E-state index is 12.7. The van der Waals surface area contributed by atoms with Gasteiger partial charge in [-0.05, 0) is 17.5 Å². The van der Waals surface area contributed by atoms with Crippen molar-refractivity contribution in [1.29, 1.82) is 0 Å². The van der Waals surface area contributed by atoms with Crippen LogP contribution in [0.2, 0.25) is 0 Å². The molecule has 0 fully saturated rings. The lowest BCUT2D eigenvalue weighted by atomic mass is 9.90. The molecular weight excluding hydrogens is 300 g/mol. The van der Waals surface area contributed by atoms with Crippen LogP contribution in [0.25, 0.3) is 0 Å². The number of rotatable bonds is 8. The first-order chi connectivity index (χ1) is 11.7. The third-order valence-electron chi connectivity index (χ3n) is 3.75. The van der Waals surface area contributed by atoms with Crippen molar-refractivity contribution in [2.24, 2.45) is 0 Å². The Morgan fingerprint density at radius 2 is 1.38 bits per heavy atom. The Bertz CT molecular complexity index is 602. The summed E-state index contributed by atoms with van der Waals surface area (Å²) in [7, 11) is 0. The number of hydrogen-bond acceptors (Lipinski definition) is 2. The summed E-state index contributed by atoms with van der Waals surface area (Å²) in [6.07, 6.45) is 1.20. The van der Waals surface area contributed by atoms with Gasteiger partial charge in [-0.25, -0.2) is 0 Å². The van der Waals surface area contributed by atoms with Crippen molar-refractivity contribution in [3.63, 3.8) is 0 Å². The zero-order valence-corrected chi connectivity index (χ0v) is 14.0. The first-order valence-corrected chi connectivity index (χ1v) is 8.36. The van der Waals surface area contributed by atoms with Crippen LogP contribution in [-0.4, -0.2) is 24.9 Å². The minimum absolute atomic E-state index is 0.0341. The molecule has 24 heavy (non-hydrogen) atoms. The van der Waals surface area contributed by atoms with Crippen LogP contribution in [0.15, 0.2) is 60.7 Å². The summed E-state index contributed by atoms with van der Waals surface area (Å²) in [6.45, 7) is 3.01. The van der Waals surface area contributed by atoms with E-state index in [9.17, 15) is 9.59 Å². The van der Waals surface area contributed by atoms with Gasteiger partial charge in [-0.2, -0.15) is 0 Å². The Morgan fingerprint density at radius 3 is 1.88 bits per heavy atom. The van der Waals surface area contributed by atoms with Crippen molar-refractivity contribution in [3.8, 4) is 0 Å². The highest BCUT2D eigenvalue weighted by Gasteiger charge is 2.22. The summed E-state index contributed by atoms with van der Waals surface area (Å²) in [4.78, 5) is 24.3. The topological polar surface area (TPSA) is 58.2 Å². The van der Waals surface area contributed by atoms with Gasteiger partial charge in [0.05, 0.1) is 5.92 Å². The molecule has 0 aliphatic carbocycles. The van der Waals surface area contributed by atoms with Gasteiger partial charge in [0.1, 0.15) is 0 Å². The first kappa shape index (κ1) is 17.7. The summed E-state index contributed by atoms with van der Waals surface area (Å²) in [5.41, 5.74) is 1.88. The Kier molecular flexibility index (Phi) is 7.02. The number of nitrogens with one attached hydrogen (secondary N) is 2. The van der Waals surface area contributed by atoms with Crippen molar-refractivity contribution in [2.75, 3.05) is 13.1 Å². The second-order valence-corrected chi connectivity index (χ2v) is 5.65. The van der Waals surface area contributed by atoms with Gasteiger partial charge in [0.2, 0.25) is 11.8 Å². The van der Waals surface area contributed by atoms with E-state index in [1.54, 1.807) is 0 Å². The van der Waals surface area contributed by atoms with Crippen molar-refractivity contribution in [2.45, 2.75) is 25.7 Å². The SMILES string of the molecule is CCCNC(=O)CCNC(=O)C(c1ccccc1)c1ccccc1. The molecule has 0 saturated heterocycles. The summed E-state index contributed by atoms with van der Waals surface area (Å²) in [5.74, 6) is -0.491. The highest BCUT2D eigenvalue weighted by atomic mass is 16.2. The lowest BCUT2D eigenvalue weighted by Crippen LogP contribution is -2.34. The molecule has 0 aliphatic heterocycles. The fraction of sp³-hybridized carbons (Fsp3) is 0.300. The van der Waals surface area contributed by atoms with Crippen LogP contribution >= 0.6 is 0 Å². The Morgan fingerprint density at radius 1 is 0.833 bits per heavy atom. The normalized spacial score (nSPS) is 10.4. The predicted molar refractivity (Wildman–Crippen MR) is 95.7 cm³/mol. The van der Waals surface area contributed by atoms with Gasteiger partial charge in [-0.1, -0.05) is 67.6 Å². The Hall–Kier alpha value is -2.62. The van der Waals surface area contributed by atoms with E-state index in [4.69, 9.17) is 0 Å². The number of amides is 2. The molecule has 0 aliphatic rings. The molecule has 2 rings (SSSR count). The average molecular weight is 324 g/mol. The first-order valence-electron chi connectivity index (χ1n) is 8.36. The van der Waals surface area contributed by atoms with Gasteiger partial charge < -0.3 is 10.6 Å². The fourth-order valence-corrected chi connectivity index (χ4v) is 2.54. The number of carbonyl (C=O) groups excluding carboxylic acids is 2. The molecule has 2 aromatic carbocycles. The molecule has 2 amide bonds. The maximum Gasteiger partial charge on any atom is 0.232 e. The fourth-order valence-electron chi connectivity index (χ4n) is 2.54. The Balaban J connectivity index is 2.02. The quantitative estimate of drug-likeness (QED) is 0.784. The average Bonchev–Trinajstić information content (AvgIpc) is 2.62. The molecule has 2 N–H and O–H groups in total. The van der Waals surface area contributed by atoms with Crippen molar-refractivity contribution in [1.82, 2.24) is 10.6 Å². The lowest BCUT2D eigenvalue weighted by Gasteiger charge is -2.18. The van der Waals surface area contributed by atoms with Crippen LogP contribution in [-0.2, 0) is 9.59 Å². The number of hydrogen-bond donors (Lipinski definition) is 2. The van der Waals surface area contributed by atoms with Crippen molar-refractivity contribution >= 4 is 11.8 Å². The van der Waals surface area contributed by atoms with Crippen LogP contribution in [0.1, 0.15) is 36.8 Å². The molecule has 0 radical (unpaired) electrons. The predicted octanol–water partition coefficient (Wildman–Crippen LogP) is 2.85. The van der Waals surface area contributed by atoms with Crippen molar-refractivity contribution < 1.29 is 9.59 Å². The maximum absolute atomic E-state index is 12.7. The molecule has 0 saturated carbocycles. The molecule has 0 bridgehead atoms. The van der Waals surface area contributed by atoms with Crippen molar-refractivity contribution in [3.05, 3.63) is 71.8 Å². The molecule has 0 heterocycles. The van der Waals surface area contributed by atoms with E-state index in [1.807, 2.05) is 67.6 Å². The minimum Gasteiger partial charge on any atom is -0.356 e. The van der Waals surface area contributed by atoms with E-state index < -0.39 is 0 Å². The van der Waals surface area contributed by atoms with E-state index >= 15 is 0 Å². The van der Waals surface area contributed by atoms with Gasteiger partial charge in [0, 0.05) is 19.5 Å². The van der Waals surface area contributed by atoms with Crippen LogP contribution in [0.4, 0.5) is 0 Å². The van der Waals surface area contributed by atoms with E-state index in [0.717, 1.165) is 17.5 Å². The number of benzene rings is 2. The molecular formula is C20H24N2O2. The highest BCUT2D eigenvalue weighted by Crippen LogP contribution is 2.24. The third-order valence-corrected chi connectivity index (χ3v) is 3.75. The molecule has 0 atom stereocenters. The smallest absolute Gasteiger partial charge is 0.232 e. The van der Waals surface area contributed by atoms with Crippen LogP contribution < -0.4 is 10.6 Å². The molecule has 0 unspecified atom stereocenters. The van der Waals surface area contributed by atoms with Crippen LogP contribution in [0.3, 0.4) is 0 Å². The molecule has 4 heteroatoms. The highest BCUT2D eigenvalue weighted by molar-refractivity contribution is 5.87. The molecule has 0 aromatic heterocycles. The van der Waals surface area contributed by atoms with E-state index in [2.05, 4.69) is 10.6 Å². The second-order valence-electron chi connectivity index (χ2n) is 5.65. The van der Waals surface area contributed by atoms with Gasteiger partial charge in [-0.3, -0.25) is 9.59 Å². The standard InChI is InChI=1S/C20H24N2O2/c1-2-14-21-18(23)13-15-22-20(24)19(16-9-5-3-6-10-16)17-11-7-4-8-12-17/h3-12,19H,2,13-15H2,1H3,(H,21,23)(H,22,24). The minimum atomic E-state index is -0.369. The summed E-state index contributed by atoms with van der Waals surface area (Å²) in [5, 5.41) is 5.70. The number of carbonyl (C=O) groups is 2. The van der Waals surface area contributed by atoms with Crippen LogP contribution in [0.5, 0.6) is 0 Å². The van der Waals surface area contributed by atoms with E-state index in [-0.39, 0.29) is 17.7 Å². The monoisotopic (exact) mass is 324 g/mol. The summed E-state index contributed by atoms with van der Waals surface area (Å²) >= 11 is 0. The van der Waals surface area contributed by atoms with Gasteiger partial charge in [0.15, 0.2) is 0 Å². The molecule has 0 spiro atoms. The van der Waals surface area contributed by atoms with Gasteiger partial charge >= 0.3 is 0 Å². The molecule has 4 nitrogen and oxygen atoms in total. The van der Waals surface area contributed by atoms with E-state index in [0.29, 0.717) is 19.5 Å². The lowest BCUT2D eigenvalue weighted by molar-refractivity contribution is -0.122. The zero-order chi connectivity index (χ0) is 17.2. The second kappa shape index (κ2) is 9.50. The zero-order valence-electron chi connectivity index (χ0n) is 14.0.